The fraction of sp³-hybridized carbons (Fsp3) is 0.185. The SMILES string of the molecule is CCc1nc2ccc(C3=NNC(=O)CC3)cc2n1-c1ccc(-c2ccccc2)c(-c2nn[nH]n2)c1C. The third-order valence-corrected chi connectivity index (χ3v) is 6.61. The highest BCUT2D eigenvalue weighted by Crippen LogP contribution is 2.37. The molecule has 178 valence electrons. The summed E-state index contributed by atoms with van der Waals surface area (Å²) in [6, 6.07) is 20.6. The van der Waals surface area contributed by atoms with Gasteiger partial charge in [0.15, 0.2) is 0 Å². The highest BCUT2D eigenvalue weighted by Gasteiger charge is 2.21. The topological polar surface area (TPSA) is 114 Å². The molecule has 0 fully saturated rings. The average molecular weight is 477 g/mol. The Kier molecular flexibility index (Phi) is 5.37. The third kappa shape index (κ3) is 3.65. The largest absolute Gasteiger partial charge is 0.296 e. The number of amides is 1. The second-order valence-corrected chi connectivity index (χ2v) is 8.75. The molecule has 3 heterocycles. The molecule has 9 nitrogen and oxygen atoms in total. The zero-order chi connectivity index (χ0) is 24.6. The minimum atomic E-state index is -0.0544. The molecule has 6 rings (SSSR count). The molecule has 1 aliphatic rings. The van der Waals surface area contributed by atoms with Crippen LogP contribution < -0.4 is 5.43 Å². The predicted octanol–water partition coefficient (Wildman–Crippen LogP) is 4.36. The number of hydrogen-bond acceptors (Lipinski definition) is 6. The van der Waals surface area contributed by atoms with Crippen LogP contribution in [-0.4, -0.2) is 41.8 Å². The summed E-state index contributed by atoms with van der Waals surface area (Å²) in [4.78, 5) is 16.5. The number of aromatic amines is 1. The molecule has 0 saturated heterocycles. The highest BCUT2D eigenvalue weighted by atomic mass is 16.2. The number of tetrazole rings is 1. The summed E-state index contributed by atoms with van der Waals surface area (Å²) in [7, 11) is 0. The van der Waals surface area contributed by atoms with E-state index in [1.165, 1.54) is 0 Å². The molecule has 0 saturated carbocycles. The van der Waals surface area contributed by atoms with Gasteiger partial charge < -0.3 is 0 Å². The fourth-order valence-electron chi connectivity index (χ4n) is 4.85. The number of carbonyl (C=O) groups is 1. The molecule has 36 heavy (non-hydrogen) atoms. The number of aryl methyl sites for hydroxylation is 1. The molecule has 1 amide bonds. The number of fused-ring (bicyclic) bond motifs is 1. The smallest absolute Gasteiger partial charge is 0.240 e. The molecular formula is C27H24N8O. The maximum absolute atomic E-state index is 11.6. The van der Waals surface area contributed by atoms with Crippen LogP contribution in [0.2, 0.25) is 0 Å². The first-order valence-corrected chi connectivity index (χ1v) is 11.9. The molecule has 0 spiro atoms. The van der Waals surface area contributed by atoms with E-state index in [0.717, 1.165) is 62.5 Å². The lowest BCUT2D eigenvalue weighted by Gasteiger charge is -2.18. The van der Waals surface area contributed by atoms with Gasteiger partial charge in [-0.3, -0.25) is 9.36 Å². The van der Waals surface area contributed by atoms with Crippen molar-refractivity contribution in [2.45, 2.75) is 33.1 Å². The molecule has 1 aliphatic heterocycles. The van der Waals surface area contributed by atoms with Gasteiger partial charge in [0.25, 0.3) is 0 Å². The summed E-state index contributed by atoms with van der Waals surface area (Å²) < 4.78 is 2.20. The zero-order valence-electron chi connectivity index (χ0n) is 20.0. The van der Waals surface area contributed by atoms with E-state index in [0.29, 0.717) is 18.7 Å². The molecule has 9 heteroatoms. The maximum atomic E-state index is 11.6. The van der Waals surface area contributed by atoms with Gasteiger partial charge in [0.1, 0.15) is 5.82 Å². The quantitative estimate of drug-likeness (QED) is 0.391. The first-order valence-electron chi connectivity index (χ1n) is 11.9. The van der Waals surface area contributed by atoms with Crippen LogP contribution in [-0.2, 0) is 11.2 Å². The van der Waals surface area contributed by atoms with Gasteiger partial charge in [-0.25, -0.2) is 10.4 Å². The number of carbonyl (C=O) groups excluding carboxylic acids is 1. The van der Waals surface area contributed by atoms with Gasteiger partial charge in [-0.05, 0) is 52.6 Å². The van der Waals surface area contributed by atoms with E-state index in [-0.39, 0.29) is 5.91 Å². The van der Waals surface area contributed by atoms with E-state index in [2.05, 4.69) is 79.9 Å². The van der Waals surface area contributed by atoms with Gasteiger partial charge in [-0.15, -0.1) is 10.2 Å². The minimum Gasteiger partial charge on any atom is -0.296 e. The van der Waals surface area contributed by atoms with Crippen LogP contribution in [0.4, 0.5) is 0 Å². The van der Waals surface area contributed by atoms with Crippen LogP contribution in [0.15, 0.2) is 65.8 Å². The lowest BCUT2D eigenvalue weighted by molar-refractivity contribution is -0.121. The Hall–Kier alpha value is -4.66. The number of H-pyrrole nitrogens is 1. The summed E-state index contributed by atoms with van der Waals surface area (Å²) in [5.41, 5.74) is 11.4. The second kappa shape index (κ2) is 8.84. The van der Waals surface area contributed by atoms with E-state index >= 15 is 0 Å². The van der Waals surface area contributed by atoms with E-state index in [9.17, 15) is 4.79 Å². The minimum absolute atomic E-state index is 0.0544. The first-order chi connectivity index (χ1) is 17.6. The molecule has 3 aromatic carbocycles. The van der Waals surface area contributed by atoms with Crippen molar-refractivity contribution in [1.82, 2.24) is 35.6 Å². The van der Waals surface area contributed by atoms with Gasteiger partial charge in [0.2, 0.25) is 11.7 Å². The summed E-state index contributed by atoms with van der Waals surface area (Å²) in [6.45, 7) is 4.19. The van der Waals surface area contributed by atoms with Crippen molar-refractivity contribution in [3.8, 4) is 28.2 Å². The van der Waals surface area contributed by atoms with Crippen molar-refractivity contribution in [3.63, 3.8) is 0 Å². The molecular weight excluding hydrogens is 452 g/mol. The van der Waals surface area contributed by atoms with Crippen molar-refractivity contribution in [2.24, 2.45) is 5.10 Å². The molecule has 0 aliphatic carbocycles. The van der Waals surface area contributed by atoms with Crippen molar-refractivity contribution < 1.29 is 4.79 Å². The van der Waals surface area contributed by atoms with Crippen molar-refractivity contribution in [3.05, 3.63) is 77.6 Å². The van der Waals surface area contributed by atoms with Crippen molar-refractivity contribution >= 4 is 22.7 Å². The number of benzene rings is 3. The molecule has 0 atom stereocenters. The van der Waals surface area contributed by atoms with Gasteiger partial charge >= 0.3 is 0 Å². The highest BCUT2D eigenvalue weighted by molar-refractivity contribution is 6.06. The Balaban J connectivity index is 1.58. The lowest BCUT2D eigenvalue weighted by Crippen LogP contribution is -2.25. The zero-order valence-corrected chi connectivity index (χ0v) is 20.0. The van der Waals surface area contributed by atoms with E-state index in [1.807, 2.05) is 30.3 Å². The van der Waals surface area contributed by atoms with Crippen LogP contribution in [0.5, 0.6) is 0 Å². The summed E-state index contributed by atoms with van der Waals surface area (Å²) in [5.74, 6) is 1.44. The molecule has 0 bridgehead atoms. The standard InChI is InChI=1S/C27H24N8O/c1-3-24-28-21-11-9-18(20-12-14-25(36)30-29-20)15-23(21)35(24)22-13-10-19(17-7-5-4-6-8-17)26(16(22)2)27-31-33-34-32-27/h4-11,13,15H,3,12,14H2,1-2H3,(H,30,36)(H,31,32,33,34). The Labute approximate surface area is 207 Å². The third-order valence-electron chi connectivity index (χ3n) is 6.61. The second-order valence-electron chi connectivity index (χ2n) is 8.75. The molecule has 2 N–H and O–H groups in total. The number of imidazole rings is 1. The number of hydrogen-bond donors (Lipinski definition) is 2. The Bertz CT molecular complexity index is 1620. The van der Waals surface area contributed by atoms with Gasteiger partial charge in [-0.1, -0.05) is 49.4 Å². The number of nitrogens with zero attached hydrogens (tertiary/aromatic N) is 6. The molecule has 0 unspecified atom stereocenters. The van der Waals surface area contributed by atoms with Crippen molar-refractivity contribution in [1.29, 1.82) is 0 Å². The summed E-state index contributed by atoms with van der Waals surface area (Å²) in [5, 5.41) is 19.3. The normalized spacial score (nSPS) is 13.6. The van der Waals surface area contributed by atoms with Crippen LogP contribution in [0, 0.1) is 6.92 Å². The number of aromatic nitrogens is 6. The number of hydrazone groups is 1. The van der Waals surface area contributed by atoms with Crippen LogP contribution in [0.25, 0.3) is 39.2 Å². The van der Waals surface area contributed by atoms with E-state index in [1.54, 1.807) is 0 Å². The van der Waals surface area contributed by atoms with Gasteiger partial charge in [-0.2, -0.15) is 10.3 Å². The monoisotopic (exact) mass is 476 g/mol. The van der Waals surface area contributed by atoms with Crippen molar-refractivity contribution in [2.75, 3.05) is 0 Å². The average Bonchev–Trinajstić information content (AvgIpc) is 3.57. The number of nitrogens with one attached hydrogen (secondary N) is 2. The maximum Gasteiger partial charge on any atom is 0.240 e. The lowest BCUT2D eigenvalue weighted by atomic mass is 9.94. The van der Waals surface area contributed by atoms with Crippen LogP contribution in [0.1, 0.15) is 36.7 Å². The van der Waals surface area contributed by atoms with Crippen LogP contribution >= 0.6 is 0 Å². The Morgan fingerprint density at radius 3 is 2.58 bits per heavy atom. The molecule has 5 aromatic rings. The van der Waals surface area contributed by atoms with E-state index < -0.39 is 0 Å². The predicted molar refractivity (Wildman–Crippen MR) is 138 cm³/mol. The molecule has 2 aromatic heterocycles. The first kappa shape index (κ1) is 21.8. The van der Waals surface area contributed by atoms with Gasteiger partial charge in [0, 0.05) is 24.8 Å². The van der Waals surface area contributed by atoms with Gasteiger partial charge in [0.05, 0.1) is 22.4 Å². The summed E-state index contributed by atoms with van der Waals surface area (Å²) >= 11 is 0. The Morgan fingerprint density at radius 2 is 1.86 bits per heavy atom. The van der Waals surface area contributed by atoms with Crippen LogP contribution in [0.3, 0.4) is 0 Å². The number of rotatable bonds is 5. The molecule has 0 radical (unpaired) electrons. The Morgan fingerprint density at radius 1 is 1.00 bits per heavy atom. The fourth-order valence-corrected chi connectivity index (χ4v) is 4.85. The summed E-state index contributed by atoms with van der Waals surface area (Å²) in [6.07, 6.45) is 1.81. The van der Waals surface area contributed by atoms with E-state index in [4.69, 9.17) is 4.98 Å².